The van der Waals surface area contributed by atoms with E-state index in [0.717, 1.165) is 16.5 Å². The zero-order valence-electron chi connectivity index (χ0n) is 11.6. The van der Waals surface area contributed by atoms with Crippen molar-refractivity contribution in [2.45, 2.75) is 6.42 Å². The van der Waals surface area contributed by atoms with Crippen molar-refractivity contribution in [1.82, 2.24) is 15.6 Å². The fraction of sp³-hybridized carbons (Fsp3) is 0.200. The van der Waals surface area contributed by atoms with Crippen molar-refractivity contribution in [3.63, 3.8) is 0 Å². The maximum Gasteiger partial charge on any atom is 0.328 e. The van der Waals surface area contributed by atoms with Gasteiger partial charge in [-0.05, 0) is 18.1 Å². The van der Waals surface area contributed by atoms with E-state index in [1.54, 1.807) is 0 Å². The van der Waals surface area contributed by atoms with Crippen LogP contribution < -0.4 is 10.6 Å². The minimum atomic E-state index is -1.05. The minimum Gasteiger partial charge on any atom is -0.361 e. The first-order chi connectivity index (χ1) is 10.6. The van der Waals surface area contributed by atoms with Gasteiger partial charge in [0.25, 0.3) is 0 Å². The summed E-state index contributed by atoms with van der Waals surface area (Å²) < 4.78 is 0. The number of urea groups is 1. The number of aromatic amines is 1. The van der Waals surface area contributed by atoms with Gasteiger partial charge < -0.3 is 4.98 Å². The summed E-state index contributed by atoms with van der Waals surface area (Å²) in [7, 11) is 0. The highest BCUT2D eigenvalue weighted by molar-refractivity contribution is 6.23. The van der Waals surface area contributed by atoms with Gasteiger partial charge in [-0.15, -0.1) is 0 Å². The zero-order chi connectivity index (χ0) is 15.5. The standard InChI is InChI=1S/C15H14N4O3/c20-13-11(14(21)19-15(22)18-13)8-16-6-5-9-7-17-12-4-2-1-3-10(9)12/h1-4,7-8,11,17H,5-6H2,(H2,18,19,20,21,22). The maximum atomic E-state index is 11.5. The van der Waals surface area contributed by atoms with E-state index in [1.807, 2.05) is 41.1 Å². The second-order valence-corrected chi connectivity index (χ2v) is 4.95. The molecule has 2 aromatic rings. The first-order valence-electron chi connectivity index (χ1n) is 6.86. The number of para-hydroxylation sites is 1. The van der Waals surface area contributed by atoms with Crippen LogP contribution in [0.4, 0.5) is 4.79 Å². The van der Waals surface area contributed by atoms with Crippen LogP contribution in [-0.4, -0.2) is 35.6 Å². The average molecular weight is 298 g/mol. The van der Waals surface area contributed by atoms with E-state index in [0.29, 0.717) is 13.0 Å². The molecule has 7 heteroatoms. The number of H-pyrrole nitrogens is 1. The van der Waals surface area contributed by atoms with E-state index in [2.05, 4.69) is 9.98 Å². The SMILES string of the molecule is O=C1NC(=O)C(C=NCCc2c[nH]c3ccccc23)C(=O)N1. The Labute approximate surface area is 125 Å². The average Bonchev–Trinajstić information content (AvgIpc) is 2.89. The highest BCUT2D eigenvalue weighted by Crippen LogP contribution is 2.17. The topological polar surface area (TPSA) is 103 Å². The number of carbonyl (C=O) groups excluding carboxylic acids is 3. The van der Waals surface area contributed by atoms with Gasteiger partial charge in [-0.2, -0.15) is 0 Å². The molecule has 1 fully saturated rings. The number of amides is 4. The molecule has 1 aliphatic rings. The van der Waals surface area contributed by atoms with Gasteiger partial charge in [-0.25, -0.2) is 4.79 Å². The van der Waals surface area contributed by atoms with Crippen LogP contribution in [0.15, 0.2) is 35.5 Å². The molecule has 1 aliphatic heterocycles. The molecule has 3 rings (SSSR count). The van der Waals surface area contributed by atoms with Crippen LogP contribution in [0, 0.1) is 5.92 Å². The molecule has 112 valence electrons. The fourth-order valence-corrected chi connectivity index (χ4v) is 2.37. The number of nitrogens with zero attached hydrogens (tertiary/aromatic N) is 1. The number of benzene rings is 1. The molecule has 1 saturated heterocycles. The minimum absolute atomic E-state index is 0.451. The lowest BCUT2D eigenvalue weighted by Gasteiger charge is -2.16. The van der Waals surface area contributed by atoms with Crippen LogP contribution in [0.3, 0.4) is 0 Å². The Morgan fingerprint density at radius 3 is 2.59 bits per heavy atom. The maximum absolute atomic E-state index is 11.5. The predicted molar refractivity (Wildman–Crippen MR) is 80.5 cm³/mol. The highest BCUT2D eigenvalue weighted by Gasteiger charge is 2.32. The molecule has 22 heavy (non-hydrogen) atoms. The van der Waals surface area contributed by atoms with Crippen molar-refractivity contribution in [2.24, 2.45) is 10.9 Å². The molecule has 0 radical (unpaired) electrons. The first-order valence-corrected chi connectivity index (χ1v) is 6.86. The predicted octanol–water partition coefficient (Wildman–Crippen LogP) is 0.763. The van der Waals surface area contributed by atoms with Gasteiger partial charge in [0, 0.05) is 29.9 Å². The van der Waals surface area contributed by atoms with Crippen molar-refractivity contribution in [3.8, 4) is 0 Å². The largest absolute Gasteiger partial charge is 0.361 e. The lowest BCUT2D eigenvalue weighted by atomic mass is 10.1. The van der Waals surface area contributed by atoms with Gasteiger partial charge in [0.15, 0.2) is 5.92 Å². The Morgan fingerprint density at radius 1 is 1.09 bits per heavy atom. The second-order valence-electron chi connectivity index (χ2n) is 4.95. The smallest absolute Gasteiger partial charge is 0.328 e. The van der Waals surface area contributed by atoms with E-state index in [1.165, 1.54) is 6.21 Å². The molecular weight excluding hydrogens is 284 g/mol. The Kier molecular flexibility index (Phi) is 3.69. The Balaban J connectivity index is 1.62. The number of nitrogens with one attached hydrogen (secondary N) is 3. The molecule has 0 spiro atoms. The number of barbiturate groups is 1. The van der Waals surface area contributed by atoms with Crippen LogP contribution in [0.1, 0.15) is 5.56 Å². The summed E-state index contributed by atoms with van der Waals surface area (Å²) in [5.41, 5.74) is 2.19. The lowest BCUT2D eigenvalue weighted by Crippen LogP contribution is -2.56. The van der Waals surface area contributed by atoms with Gasteiger partial charge in [-0.1, -0.05) is 18.2 Å². The quantitative estimate of drug-likeness (QED) is 0.573. The van der Waals surface area contributed by atoms with Crippen molar-refractivity contribution >= 4 is 35.0 Å². The third-order valence-corrected chi connectivity index (χ3v) is 3.48. The summed E-state index contributed by atoms with van der Waals surface area (Å²) in [5.74, 6) is -2.35. The van der Waals surface area contributed by atoms with Gasteiger partial charge in [0.1, 0.15) is 0 Å². The number of rotatable bonds is 4. The van der Waals surface area contributed by atoms with Crippen LogP contribution in [0.2, 0.25) is 0 Å². The summed E-state index contributed by atoms with van der Waals surface area (Å²) in [5, 5.41) is 5.20. The molecule has 0 aliphatic carbocycles. The molecule has 0 saturated carbocycles. The Hall–Kier alpha value is -2.96. The Bertz CT molecular complexity index is 758. The van der Waals surface area contributed by atoms with Crippen LogP contribution >= 0.6 is 0 Å². The zero-order valence-corrected chi connectivity index (χ0v) is 11.6. The van der Waals surface area contributed by atoms with Crippen LogP contribution in [0.5, 0.6) is 0 Å². The second kappa shape index (κ2) is 5.80. The number of imide groups is 2. The van der Waals surface area contributed by atoms with Gasteiger partial charge >= 0.3 is 6.03 Å². The van der Waals surface area contributed by atoms with Gasteiger partial charge in [-0.3, -0.25) is 25.2 Å². The fourth-order valence-electron chi connectivity index (χ4n) is 2.37. The molecule has 2 heterocycles. The summed E-state index contributed by atoms with van der Waals surface area (Å²) in [6, 6.07) is 7.16. The number of hydrogen-bond acceptors (Lipinski definition) is 4. The number of aromatic nitrogens is 1. The van der Waals surface area contributed by atoms with E-state index in [-0.39, 0.29) is 0 Å². The number of fused-ring (bicyclic) bond motifs is 1. The lowest BCUT2D eigenvalue weighted by molar-refractivity contribution is -0.132. The van der Waals surface area contributed by atoms with Crippen LogP contribution in [-0.2, 0) is 16.0 Å². The summed E-state index contributed by atoms with van der Waals surface area (Å²) >= 11 is 0. The van der Waals surface area contributed by atoms with E-state index in [4.69, 9.17) is 0 Å². The molecule has 3 N–H and O–H groups in total. The molecule has 1 aromatic heterocycles. The normalized spacial score (nSPS) is 16.3. The number of aliphatic imine (C=N–C) groups is 1. The van der Waals surface area contributed by atoms with Gasteiger partial charge in [0.05, 0.1) is 0 Å². The molecule has 1 aromatic carbocycles. The van der Waals surface area contributed by atoms with E-state index < -0.39 is 23.8 Å². The third kappa shape index (κ3) is 2.73. The molecule has 0 atom stereocenters. The Morgan fingerprint density at radius 2 is 1.82 bits per heavy atom. The molecular formula is C15H14N4O3. The van der Waals surface area contributed by atoms with Crippen LogP contribution in [0.25, 0.3) is 10.9 Å². The number of carbonyl (C=O) groups is 3. The van der Waals surface area contributed by atoms with Crippen molar-refractivity contribution in [2.75, 3.05) is 6.54 Å². The van der Waals surface area contributed by atoms with Crippen molar-refractivity contribution in [1.29, 1.82) is 0 Å². The van der Waals surface area contributed by atoms with Gasteiger partial charge in [0.2, 0.25) is 11.8 Å². The number of hydrogen-bond donors (Lipinski definition) is 3. The molecule has 0 bridgehead atoms. The third-order valence-electron chi connectivity index (χ3n) is 3.48. The van der Waals surface area contributed by atoms with Crippen molar-refractivity contribution < 1.29 is 14.4 Å². The monoisotopic (exact) mass is 298 g/mol. The summed E-state index contributed by atoms with van der Waals surface area (Å²) in [4.78, 5) is 41.3. The molecule has 4 amide bonds. The summed E-state index contributed by atoms with van der Waals surface area (Å²) in [6.07, 6.45) is 3.90. The highest BCUT2D eigenvalue weighted by atomic mass is 16.2. The molecule has 0 unspecified atom stereocenters. The first kappa shape index (κ1) is 14.0. The van der Waals surface area contributed by atoms with E-state index in [9.17, 15) is 14.4 Å². The summed E-state index contributed by atoms with van der Waals surface area (Å²) in [6.45, 7) is 0.451. The van der Waals surface area contributed by atoms with Crippen molar-refractivity contribution in [3.05, 3.63) is 36.0 Å². The van der Waals surface area contributed by atoms with E-state index >= 15 is 0 Å². The molecule has 7 nitrogen and oxygen atoms in total.